The predicted molar refractivity (Wildman–Crippen MR) is 96.3 cm³/mol. The lowest BCUT2D eigenvalue weighted by Crippen LogP contribution is -2.32. The summed E-state index contributed by atoms with van der Waals surface area (Å²) in [5, 5.41) is 4.53. The Hall–Kier alpha value is -2.76. The number of unbranched alkanes of at least 4 members (excludes halogenated alkanes) is 1. The Labute approximate surface area is 147 Å². The molecule has 6 nitrogen and oxygen atoms in total. The topological polar surface area (TPSA) is 63.4 Å². The van der Waals surface area contributed by atoms with Crippen LogP contribution in [0.2, 0.25) is 0 Å². The highest BCUT2D eigenvalue weighted by molar-refractivity contribution is 5.94. The Kier molecular flexibility index (Phi) is 5.07. The molecular formula is C19H23N5O. The second kappa shape index (κ2) is 7.42. The quantitative estimate of drug-likeness (QED) is 0.693. The van der Waals surface area contributed by atoms with Crippen molar-refractivity contribution >= 4 is 11.7 Å². The zero-order valence-electron chi connectivity index (χ0n) is 14.9. The number of amides is 1. The van der Waals surface area contributed by atoms with E-state index in [-0.39, 0.29) is 5.91 Å². The summed E-state index contributed by atoms with van der Waals surface area (Å²) in [5.41, 5.74) is 2.58. The van der Waals surface area contributed by atoms with Gasteiger partial charge in [0.05, 0.1) is 6.54 Å². The van der Waals surface area contributed by atoms with Crippen molar-refractivity contribution in [1.82, 2.24) is 24.5 Å². The molecule has 0 aliphatic heterocycles. The molecule has 6 heteroatoms. The van der Waals surface area contributed by atoms with Gasteiger partial charge < -0.3 is 4.90 Å². The van der Waals surface area contributed by atoms with Gasteiger partial charge >= 0.3 is 0 Å². The van der Waals surface area contributed by atoms with E-state index < -0.39 is 0 Å². The number of hydrogen-bond acceptors (Lipinski definition) is 4. The average molecular weight is 337 g/mol. The van der Waals surface area contributed by atoms with Gasteiger partial charge in [-0.1, -0.05) is 31.5 Å². The highest BCUT2D eigenvalue weighted by Crippen LogP contribution is 2.11. The van der Waals surface area contributed by atoms with Crippen molar-refractivity contribution in [3.8, 4) is 0 Å². The molecule has 25 heavy (non-hydrogen) atoms. The number of rotatable bonds is 6. The van der Waals surface area contributed by atoms with Crippen molar-refractivity contribution in [3.63, 3.8) is 0 Å². The molecule has 0 radical (unpaired) electrons. The van der Waals surface area contributed by atoms with Gasteiger partial charge in [0, 0.05) is 23.5 Å². The molecule has 0 bridgehead atoms. The fraction of sp³-hybridized carbons (Fsp3) is 0.368. The van der Waals surface area contributed by atoms with Crippen LogP contribution < -0.4 is 0 Å². The first-order valence-electron chi connectivity index (χ1n) is 8.62. The molecule has 0 spiro atoms. The van der Waals surface area contributed by atoms with Crippen molar-refractivity contribution in [3.05, 3.63) is 59.2 Å². The number of hydrogen-bond donors (Lipinski definition) is 0. The third-order valence-electron chi connectivity index (χ3n) is 4.08. The summed E-state index contributed by atoms with van der Waals surface area (Å²) in [7, 11) is 0. The highest BCUT2D eigenvalue weighted by Gasteiger charge is 2.18. The van der Waals surface area contributed by atoms with E-state index in [1.807, 2.05) is 55.1 Å². The largest absolute Gasteiger partial charge is 0.331 e. The first kappa shape index (κ1) is 17.1. The van der Waals surface area contributed by atoms with Crippen LogP contribution in [-0.4, -0.2) is 36.9 Å². The molecule has 0 saturated carbocycles. The fourth-order valence-corrected chi connectivity index (χ4v) is 2.81. The summed E-state index contributed by atoms with van der Waals surface area (Å²) < 4.78 is 1.73. The SMILES string of the molecule is CCCCN(Cc1nc2nc(C)cc(C)n2n1)C(=O)c1ccccc1. The van der Waals surface area contributed by atoms with E-state index in [9.17, 15) is 4.79 Å². The monoisotopic (exact) mass is 337 g/mol. The molecule has 2 heterocycles. The molecule has 3 aromatic rings. The molecular weight excluding hydrogens is 314 g/mol. The standard InChI is InChI=1S/C19H23N5O/c1-4-5-11-23(18(25)16-9-7-6-8-10-16)13-17-21-19-20-14(2)12-15(3)24(19)22-17/h6-10,12H,4-5,11,13H2,1-3H3. The molecule has 1 aromatic carbocycles. The molecule has 0 saturated heterocycles. The summed E-state index contributed by atoms with van der Waals surface area (Å²) in [6.07, 6.45) is 1.97. The van der Waals surface area contributed by atoms with Gasteiger partial charge in [0.25, 0.3) is 11.7 Å². The number of fused-ring (bicyclic) bond motifs is 1. The Balaban J connectivity index is 1.87. The second-order valence-corrected chi connectivity index (χ2v) is 6.23. The molecule has 130 valence electrons. The van der Waals surface area contributed by atoms with E-state index in [4.69, 9.17) is 0 Å². The first-order valence-corrected chi connectivity index (χ1v) is 8.62. The van der Waals surface area contributed by atoms with Gasteiger partial charge in [-0.05, 0) is 38.5 Å². The smallest absolute Gasteiger partial charge is 0.254 e. The van der Waals surface area contributed by atoms with Crippen LogP contribution in [0.25, 0.3) is 5.78 Å². The van der Waals surface area contributed by atoms with Crippen LogP contribution in [0.15, 0.2) is 36.4 Å². The molecule has 0 aliphatic rings. The van der Waals surface area contributed by atoms with Gasteiger partial charge in [0.15, 0.2) is 5.82 Å². The minimum absolute atomic E-state index is 0.00812. The van der Waals surface area contributed by atoms with Crippen LogP contribution in [0.3, 0.4) is 0 Å². The van der Waals surface area contributed by atoms with Crippen LogP contribution in [0.1, 0.15) is 47.3 Å². The molecule has 0 fully saturated rings. The van der Waals surface area contributed by atoms with Crippen LogP contribution in [0, 0.1) is 13.8 Å². The van der Waals surface area contributed by atoms with E-state index in [0.29, 0.717) is 30.3 Å². The average Bonchev–Trinajstić information content (AvgIpc) is 3.01. The third-order valence-corrected chi connectivity index (χ3v) is 4.08. The summed E-state index contributed by atoms with van der Waals surface area (Å²) in [5.74, 6) is 1.20. The van der Waals surface area contributed by atoms with Crippen molar-refractivity contribution < 1.29 is 4.79 Å². The van der Waals surface area contributed by atoms with Crippen LogP contribution in [-0.2, 0) is 6.54 Å². The van der Waals surface area contributed by atoms with E-state index in [2.05, 4.69) is 22.0 Å². The number of aryl methyl sites for hydroxylation is 2. The van der Waals surface area contributed by atoms with Gasteiger partial charge in [0.2, 0.25) is 0 Å². The molecule has 0 unspecified atom stereocenters. The summed E-state index contributed by atoms with van der Waals surface area (Å²) in [6, 6.07) is 11.3. The molecule has 0 N–H and O–H groups in total. The molecule has 3 rings (SSSR count). The van der Waals surface area contributed by atoms with Gasteiger partial charge in [-0.15, -0.1) is 5.10 Å². The number of aromatic nitrogens is 4. The molecule has 2 aromatic heterocycles. The van der Waals surface area contributed by atoms with Crippen molar-refractivity contribution in [2.75, 3.05) is 6.54 Å². The molecule has 1 amide bonds. The van der Waals surface area contributed by atoms with Gasteiger partial charge in [-0.2, -0.15) is 4.98 Å². The maximum Gasteiger partial charge on any atom is 0.254 e. The minimum Gasteiger partial charge on any atom is -0.331 e. The maximum absolute atomic E-state index is 12.8. The Morgan fingerprint density at radius 1 is 1.16 bits per heavy atom. The number of carbonyl (C=O) groups excluding carboxylic acids is 1. The summed E-state index contributed by atoms with van der Waals surface area (Å²) in [6.45, 7) is 7.10. The predicted octanol–water partition coefficient (Wildman–Crippen LogP) is 3.18. The maximum atomic E-state index is 12.8. The Morgan fingerprint density at radius 2 is 1.92 bits per heavy atom. The van der Waals surface area contributed by atoms with Gasteiger partial charge in [-0.3, -0.25) is 4.79 Å². The number of benzene rings is 1. The van der Waals surface area contributed by atoms with E-state index in [1.54, 1.807) is 4.52 Å². The van der Waals surface area contributed by atoms with Crippen LogP contribution >= 0.6 is 0 Å². The van der Waals surface area contributed by atoms with E-state index in [0.717, 1.165) is 24.2 Å². The lowest BCUT2D eigenvalue weighted by molar-refractivity contribution is 0.0736. The normalized spacial score (nSPS) is 11.0. The second-order valence-electron chi connectivity index (χ2n) is 6.23. The minimum atomic E-state index is 0.00812. The molecule has 0 aliphatic carbocycles. The van der Waals surface area contributed by atoms with Crippen molar-refractivity contribution in [1.29, 1.82) is 0 Å². The number of carbonyl (C=O) groups is 1. The third kappa shape index (κ3) is 3.84. The van der Waals surface area contributed by atoms with Crippen LogP contribution in [0.5, 0.6) is 0 Å². The fourth-order valence-electron chi connectivity index (χ4n) is 2.81. The van der Waals surface area contributed by atoms with Crippen LogP contribution in [0.4, 0.5) is 0 Å². The highest BCUT2D eigenvalue weighted by atomic mass is 16.2. The van der Waals surface area contributed by atoms with E-state index >= 15 is 0 Å². The van der Waals surface area contributed by atoms with E-state index in [1.165, 1.54) is 0 Å². The Bertz CT molecular complexity index is 872. The Morgan fingerprint density at radius 3 is 2.64 bits per heavy atom. The first-order chi connectivity index (χ1) is 12.1. The summed E-state index contributed by atoms with van der Waals surface area (Å²) >= 11 is 0. The zero-order chi connectivity index (χ0) is 17.8. The lowest BCUT2D eigenvalue weighted by atomic mass is 10.2. The zero-order valence-corrected chi connectivity index (χ0v) is 14.9. The number of nitrogens with zero attached hydrogens (tertiary/aromatic N) is 5. The van der Waals surface area contributed by atoms with Crippen molar-refractivity contribution in [2.45, 2.75) is 40.2 Å². The molecule has 0 atom stereocenters. The summed E-state index contributed by atoms with van der Waals surface area (Å²) in [4.78, 5) is 23.6. The van der Waals surface area contributed by atoms with Crippen molar-refractivity contribution in [2.24, 2.45) is 0 Å². The van der Waals surface area contributed by atoms with Gasteiger partial charge in [0.1, 0.15) is 0 Å². The lowest BCUT2D eigenvalue weighted by Gasteiger charge is -2.21. The van der Waals surface area contributed by atoms with Gasteiger partial charge in [-0.25, -0.2) is 9.50 Å².